The van der Waals surface area contributed by atoms with Gasteiger partial charge in [-0.3, -0.25) is 4.79 Å². The SMILES string of the molecule is C=C(C)[C@@H]1CC[C@]2(NCCC3(O)CCS(=O)(=O)CC3)CC[C@]3(C)C(CC[C@@H]4[C@@]5(C)CC=C(C6CCC(COc7ccccn7)(C(=O)OCC)CC6)C(C)(C)[C@@H]5CC[C@]43C)[C@@H]12. The summed E-state index contributed by atoms with van der Waals surface area (Å²) in [5.41, 5.74) is 2.29. The summed E-state index contributed by atoms with van der Waals surface area (Å²) in [6.07, 6.45) is 20.3. The fourth-order valence-corrected chi connectivity index (χ4v) is 17.9. The van der Waals surface area contributed by atoms with Crippen molar-refractivity contribution in [1.82, 2.24) is 10.3 Å². The molecule has 60 heavy (non-hydrogen) atoms. The van der Waals surface area contributed by atoms with E-state index in [2.05, 4.69) is 64.5 Å². The topological polar surface area (TPSA) is 115 Å². The predicted octanol–water partition coefficient (Wildman–Crippen LogP) is 10.1. The zero-order valence-electron chi connectivity index (χ0n) is 38.3. The lowest BCUT2D eigenvalue weighted by molar-refractivity contribution is -0.222. The standard InChI is InChI=1S/C51H78N2O6S/c1-9-58-44(54)49(34-59-42-12-10-11-30-52-42)22-15-36(16-23-49)38-18-20-46(6)40(45(38,4)5)19-21-48(8)41(46)14-13-39-43-37(35(2)3)17-24-51(43,26-25-47(39,48)7)53-31-27-50(55)28-32-60(56,57)33-29-50/h10-12,18,30,36-37,39-41,43,53,55H,2,9,13-17,19-29,31-34H2,1,3-8H3/t36?,37-,39?,40-,41+,43+,46-,47+,48+,49?,51-/m0/s1. The van der Waals surface area contributed by atoms with Crippen LogP contribution in [0.3, 0.4) is 0 Å². The molecule has 0 amide bonds. The van der Waals surface area contributed by atoms with E-state index in [4.69, 9.17) is 9.47 Å². The van der Waals surface area contributed by atoms with Crippen LogP contribution in [0.15, 0.2) is 48.2 Å². The highest BCUT2D eigenvalue weighted by Crippen LogP contribution is 2.76. The maximum Gasteiger partial charge on any atom is 0.315 e. The number of ether oxygens (including phenoxy) is 2. The molecular formula is C51H78N2O6S. The third-order valence-electron chi connectivity index (χ3n) is 19.8. The molecular weight excluding hydrogens is 769 g/mol. The molecule has 7 aliphatic rings. The Morgan fingerprint density at radius 3 is 2.30 bits per heavy atom. The fourth-order valence-electron chi connectivity index (χ4n) is 16.3. The molecule has 5 saturated carbocycles. The maximum absolute atomic E-state index is 13.6. The van der Waals surface area contributed by atoms with E-state index in [9.17, 15) is 18.3 Å². The number of aliphatic hydroxyl groups is 1. The van der Waals surface area contributed by atoms with Gasteiger partial charge in [0.1, 0.15) is 12.0 Å². The average molecular weight is 847 g/mol. The van der Waals surface area contributed by atoms with Gasteiger partial charge in [0.15, 0.2) is 9.84 Å². The largest absolute Gasteiger partial charge is 0.476 e. The van der Waals surface area contributed by atoms with E-state index in [1.54, 1.807) is 11.8 Å². The molecule has 0 radical (unpaired) electrons. The molecule has 2 heterocycles. The number of allylic oxidation sites excluding steroid dienone is 3. The van der Waals surface area contributed by atoms with Crippen LogP contribution in [0.2, 0.25) is 0 Å². The summed E-state index contributed by atoms with van der Waals surface area (Å²) >= 11 is 0. The molecule has 2 N–H and O–H groups in total. The fraction of sp³-hybridized carbons (Fsp3) is 0.804. The van der Waals surface area contributed by atoms with Crippen LogP contribution >= 0.6 is 0 Å². The monoisotopic (exact) mass is 847 g/mol. The second-order valence-corrected chi connectivity index (χ2v) is 25.0. The first kappa shape index (κ1) is 44.4. The summed E-state index contributed by atoms with van der Waals surface area (Å²) in [6, 6.07) is 5.65. The van der Waals surface area contributed by atoms with Crippen LogP contribution in [-0.4, -0.2) is 66.9 Å². The zero-order chi connectivity index (χ0) is 43.0. The van der Waals surface area contributed by atoms with Crippen molar-refractivity contribution in [3.05, 3.63) is 48.2 Å². The van der Waals surface area contributed by atoms with Crippen molar-refractivity contribution in [2.45, 2.75) is 162 Å². The second-order valence-electron chi connectivity index (χ2n) is 22.7. The Bertz CT molecular complexity index is 1910. The Morgan fingerprint density at radius 2 is 1.63 bits per heavy atom. The van der Waals surface area contributed by atoms with Crippen LogP contribution in [0, 0.1) is 62.6 Å². The molecule has 9 atom stereocenters. The third kappa shape index (κ3) is 7.26. The summed E-state index contributed by atoms with van der Waals surface area (Å²) in [7, 11) is -3.02. The molecule has 0 bridgehead atoms. The molecule has 8 rings (SSSR count). The number of hydrogen-bond donors (Lipinski definition) is 2. The van der Waals surface area contributed by atoms with Crippen molar-refractivity contribution >= 4 is 15.8 Å². The first-order valence-electron chi connectivity index (χ1n) is 24.0. The van der Waals surface area contributed by atoms with E-state index in [0.717, 1.165) is 45.1 Å². The molecule has 8 nitrogen and oxygen atoms in total. The Labute approximate surface area is 362 Å². The van der Waals surface area contributed by atoms with Gasteiger partial charge in [0.05, 0.1) is 23.7 Å². The maximum atomic E-state index is 13.6. The number of hydrogen-bond acceptors (Lipinski definition) is 8. The molecule has 6 fully saturated rings. The van der Waals surface area contributed by atoms with Crippen molar-refractivity contribution in [2.24, 2.45) is 62.6 Å². The van der Waals surface area contributed by atoms with Crippen molar-refractivity contribution < 1.29 is 27.8 Å². The van der Waals surface area contributed by atoms with Gasteiger partial charge in [-0.25, -0.2) is 13.4 Å². The molecule has 9 heteroatoms. The lowest BCUT2D eigenvalue weighted by atomic mass is 9.32. The van der Waals surface area contributed by atoms with Crippen LogP contribution in [0.5, 0.6) is 5.88 Å². The van der Waals surface area contributed by atoms with Gasteiger partial charge in [-0.15, -0.1) is 0 Å². The highest BCUT2D eigenvalue weighted by atomic mass is 32.2. The minimum Gasteiger partial charge on any atom is -0.476 e. The third-order valence-corrected chi connectivity index (χ3v) is 21.4. The number of rotatable bonds is 11. The average Bonchev–Trinajstić information content (AvgIpc) is 3.59. The number of pyridine rings is 1. The number of esters is 1. The molecule has 1 unspecified atom stereocenters. The van der Waals surface area contributed by atoms with Crippen LogP contribution < -0.4 is 10.1 Å². The summed E-state index contributed by atoms with van der Waals surface area (Å²) in [4.78, 5) is 17.9. The van der Waals surface area contributed by atoms with Gasteiger partial charge in [-0.2, -0.15) is 0 Å². The van der Waals surface area contributed by atoms with Crippen LogP contribution in [0.25, 0.3) is 0 Å². The Hall–Kier alpha value is -2.23. The summed E-state index contributed by atoms with van der Waals surface area (Å²) < 4.78 is 36.2. The molecule has 1 saturated heterocycles. The van der Waals surface area contributed by atoms with E-state index in [0.29, 0.717) is 73.9 Å². The number of fused-ring (bicyclic) bond motifs is 7. The van der Waals surface area contributed by atoms with E-state index in [-0.39, 0.29) is 44.7 Å². The van der Waals surface area contributed by atoms with Crippen molar-refractivity contribution in [2.75, 3.05) is 31.3 Å². The summed E-state index contributed by atoms with van der Waals surface area (Å²) in [5.74, 6) is 4.06. The Morgan fingerprint density at radius 1 is 0.900 bits per heavy atom. The first-order valence-corrected chi connectivity index (χ1v) is 25.8. The molecule has 334 valence electrons. The van der Waals surface area contributed by atoms with Gasteiger partial charge in [-0.1, -0.05) is 64.5 Å². The van der Waals surface area contributed by atoms with Crippen LogP contribution in [0.1, 0.15) is 151 Å². The van der Waals surface area contributed by atoms with E-state index in [1.807, 2.05) is 25.1 Å². The molecule has 1 aromatic heterocycles. The van der Waals surface area contributed by atoms with Crippen LogP contribution in [-0.2, 0) is 19.4 Å². The predicted molar refractivity (Wildman–Crippen MR) is 239 cm³/mol. The first-order chi connectivity index (χ1) is 28.3. The van der Waals surface area contributed by atoms with Crippen molar-refractivity contribution in [1.29, 1.82) is 0 Å². The number of carbonyl (C=O) groups excluding carboxylic acids is 1. The highest BCUT2D eigenvalue weighted by molar-refractivity contribution is 7.91. The molecule has 0 spiro atoms. The minimum absolute atomic E-state index is 0.0507. The summed E-state index contributed by atoms with van der Waals surface area (Å²) in [5, 5.41) is 15.6. The van der Waals surface area contributed by atoms with E-state index in [1.165, 1.54) is 50.5 Å². The van der Waals surface area contributed by atoms with Gasteiger partial charge in [0.2, 0.25) is 5.88 Å². The zero-order valence-corrected chi connectivity index (χ0v) is 39.1. The number of sulfone groups is 1. The number of nitrogens with zero attached hydrogens (tertiary/aromatic N) is 1. The Kier molecular flexibility index (Phi) is 11.7. The molecule has 6 aliphatic carbocycles. The molecule has 0 aromatic carbocycles. The second kappa shape index (κ2) is 15.8. The van der Waals surface area contributed by atoms with Gasteiger partial charge in [0.25, 0.3) is 0 Å². The number of carbonyl (C=O) groups is 1. The van der Waals surface area contributed by atoms with Gasteiger partial charge < -0.3 is 19.9 Å². The van der Waals surface area contributed by atoms with Gasteiger partial charge in [0, 0.05) is 17.8 Å². The van der Waals surface area contributed by atoms with Crippen molar-refractivity contribution in [3.8, 4) is 5.88 Å². The molecule has 1 aromatic rings. The molecule has 1 aliphatic heterocycles. The summed E-state index contributed by atoms with van der Waals surface area (Å²) in [6.45, 7) is 23.4. The van der Waals surface area contributed by atoms with E-state index >= 15 is 0 Å². The number of aromatic nitrogens is 1. The van der Waals surface area contributed by atoms with Crippen LogP contribution in [0.4, 0.5) is 0 Å². The lowest BCUT2D eigenvalue weighted by Gasteiger charge is -2.72. The number of nitrogens with one attached hydrogen (secondary N) is 1. The smallest absolute Gasteiger partial charge is 0.315 e. The lowest BCUT2D eigenvalue weighted by Crippen LogP contribution is -2.68. The quantitative estimate of drug-likeness (QED) is 0.167. The van der Waals surface area contributed by atoms with Crippen molar-refractivity contribution in [3.63, 3.8) is 0 Å². The Balaban J connectivity index is 0.996. The minimum atomic E-state index is -3.02. The normalized spacial score (nSPS) is 42.6. The highest BCUT2D eigenvalue weighted by Gasteiger charge is 2.70. The van der Waals surface area contributed by atoms with Gasteiger partial charge in [-0.05, 0) is 186 Å². The van der Waals surface area contributed by atoms with Gasteiger partial charge >= 0.3 is 5.97 Å². The van der Waals surface area contributed by atoms with E-state index < -0.39 is 20.9 Å².